The van der Waals surface area contributed by atoms with Crippen LogP contribution >= 0.6 is 11.6 Å². The van der Waals surface area contributed by atoms with Crippen LogP contribution in [0, 0.1) is 5.82 Å². The predicted octanol–water partition coefficient (Wildman–Crippen LogP) is 5.50. The zero-order valence-corrected chi connectivity index (χ0v) is 23.0. The second-order valence-corrected chi connectivity index (χ2v) is 10.7. The fourth-order valence-electron chi connectivity index (χ4n) is 4.83. The summed E-state index contributed by atoms with van der Waals surface area (Å²) >= 11 is 6.41. The molecule has 9 heteroatoms. The summed E-state index contributed by atoms with van der Waals surface area (Å²) in [5.74, 6) is -0.665. The van der Waals surface area contributed by atoms with E-state index in [0.29, 0.717) is 39.0 Å². The summed E-state index contributed by atoms with van der Waals surface area (Å²) in [5, 5.41) is 16.6. The summed E-state index contributed by atoms with van der Waals surface area (Å²) < 4.78 is 20.1. The normalized spacial score (nSPS) is 14.3. The van der Waals surface area contributed by atoms with Gasteiger partial charge in [0.05, 0.1) is 28.8 Å². The smallest absolute Gasteiger partial charge is 0.255 e. The highest BCUT2D eigenvalue weighted by atomic mass is 35.5. The lowest BCUT2D eigenvalue weighted by atomic mass is 9.93. The molecule has 4 N–H and O–H groups in total. The fraction of sp³-hybridized carbons (Fsp3) is 0.226. The van der Waals surface area contributed by atoms with Gasteiger partial charge in [0.2, 0.25) is 0 Å². The summed E-state index contributed by atoms with van der Waals surface area (Å²) in [4.78, 5) is 28.9. The Bertz CT molecular complexity index is 1660. The summed E-state index contributed by atoms with van der Waals surface area (Å²) in [6, 6.07) is 12.5. The molecule has 0 aliphatic carbocycles. The number of H-pyrrole nitrogens is 1. The summed E-state index contributed by atoms with van der Waals surface area (Å²) in [6.45, 7) is 3.47. The number of carbonyl (C=O) groups excluding carboxylic acids is 2. The lowest BCUT2D eigenvalue weighted by Crippen LogP contribution is -2.40. The monoisotopic (exact) mass is 561 g/mol. The van der Waals surface area contributed by atoms with Crippen LogP contribution in [0.3, 0.4) is 0 Å². The Labute approximate surface area is 236 Å². The van der Waals surface area contributed by atoms with Gasteiger partial charge < -0.3 is 25.5 Å². The average Bonchev–Trinajstić information content (AvgIpc) is 3.32. The Morgan fingerprint density at radius 2 is 1.88 bits per heavy atom. The quantitative estimate of drug-likeness (QED) is 0.239. The van der Waals surface area contributed by atoms with Gasteiger partial charge in [0.15, 0.2) is 0 Å². The molecule has 206 valence electrons. The number of benzene rings is 3. The topological polar surface area (TPSA) is 103 Å². The first-order valence-corrected chi connectivity index (χ1v) is 13.2. The number of ether oxygens (including phenoxy) is 1. The number of aliphatic hydroxyl groups is 1. The highest BCUT2D eigenvalue weighted by Crippen LogP contribution is 2.38. The largest absolute Gasteiger partial charge is 0.482 e. The molecule has 0 radical (unpaired) electrons. The molecule has 0 saturated heterocycles. The zero-order chi connectivity index (χ0) is 28.6. The third-order valence-corrected chi connectivity index (χ3v) is 7.23. The predicted molar refractivity (Wildman–Crippen MR) is 154 cm³/mol. The molecular weight excluding hydrogens is 533 g/mol. The molecular formula is C31H29ClFN3O4. The second kappa shape index (κ2) is 10.8. The third-order valence-electron chi connectivity index (χ3n) is 6.92. The van der Waals surface area contributed by atoms with Crippen molar-refractivity contribution in [3.63, 3.8) is 0 Å². The lowest BCUT2D eigenvalue weighted by Gasteiger charge is -2.30. The molecule has 3 aromatic carbocycles. The number of aromatic nitrogens is 1. The summed E-state index contributed by atoms with van der Waals surface area (Å²) in [5.41, 5.74) is 3.67. The van der Waals surface area contributed by atoms with Crippen molar-refractivity contribution in [1.82, 2.24) is 15.6 Å². The van der Waals surface area contributed by atoms with E-state index in [-0.39, 0.29) is 29.8 Å². The van der Waals surface area contributed by atoms with Gasteiger partial charge in [-0.25, -0.2) is 4.39 Å². The molecule has 0 bridgehead atoms. The highest BCUT2D eigenvalue weighted by molar-refractivity contribution is 6.34. The molecule has 7 nitrogen and oxygen atoms in total. The number of rotatable bonds is 7. The average molecular weight is 562 g/mol. The van der Waals surface area contributed by atoms with E-state index in [1.807, 2.05) is 32.1 Å². The third kappa shape index (κ3) is 5.46. The van der Waals surface area contributed by atoms with Crippen LogP contribution in [-0.2, 0) is 6.42 Å². The Hall–Kier alpha value is -4.14. The van der Waals surface area contributed by atoms with Crippen molar-refractivity contribution >= 4 is 40.4 Å². The van der Waals surface area contributed by atoms with Gasteiger partial charge in [-0.3, -0.25) is 9.59 Å². The van der Waals surface area contributed by atoms with Crippen molar-refractivity contribution in [3.8, 4) is 16.9 Å². The van der Waals surface area contributed by atoms with Gasteiger partial charge in [-0.1, -0.05) is 23.7 Å². The Morgan fingerprint density at radius 3 is 2.60 bits per heavy atom. The van der Waals surface area contributed by atoms with Crippen molar-refractivity contribution in [1.29, 1.82) is 0 Å². The first kappa shape index (κ1) is 27.4. The van der Waals surface area contributed by atoms with Crippen LogP contribution < -0.4 is 15.4 Å². The number of aromatic amines is 1. The molecule has 1 aromatic heterocycles. The molecule has 2 heterocycles. The maximum absolute atomic E-state index is 13.9. The number of fused-ring (bicyclic) bond motifs is 2. The molecule has 1 aliphatic heterocycles. The van der Waals surface area contributed by atoms with Crippen molar-refractivity contribution in [2.45, 2.75) is 31.9 Å². The van der Waals surface area contributed by atoms with Crippen molar-refractivity contribution in [2.24, 2.45) is 0 Å². The number of nitrogens with one attached hydrogen (secondary N) is 3. The minimum atomic E-state index is -0.637. The van der Waals surface area contributed by atoms with Gasteiger partial charge >= 0.3 is 0 Å². The minimum Gasteiger partial charge on any atom is -0.482 e. The van der Waals surface area contributed by atoms with Crippen LogP contribution in [0.2, 0.25) is 5.02 Å². The molecule has 2 amide bonds. The van der Waals surface area contributed by atoms with Crippen molar-refractivity contribution in [3.05, 3.63) is 93.9 Å². The van der Waals surface area contributed by atoms with Gasteiger partial charge in [-0.15, -0.1) is 0 Å². The van der Waals surface area contributed by atoms with Gasteiger partial charge in [-0.2, -0.15) is 0 Å². The summed E-state index contributed by atoms with van der Waals surface area (Å²) in [7, 11) is 1.53. The Kier molecular flexibility index (Phi) is 7.40. The number of hydrogen-bond acceptors (Lipinski definition) is 4. The zero-order valence-electron chi connectivity index (χ0n) is 22.3. The van der Waals surface area contributed by atoms with E-state index in [1.165, 1.54) is 19.2 Å². The first-order chi connectivity index (χ1) is 19.1. The number of aliphatic hydroxyl groups excluding tert-OH is 1. The van der Waals surface area contributed by atoms with Crippen LogP contribution in [0.1, 0.15) is 45.7 Å². The SMILES string of the molecule is CNC(=O)c1ccc(-c2cc3c(c(C(=O)NC(CO)Cc4c[nH]c5ccc(F)cc45)c2)OC(C)(C)C=C3)cc1Cl. The van der Waals surface area contributed by atoms with E-state index in [9.17, 15) is 19.1 Å². The molecule has 4 aromatic rings. The minimum absolute atomic E-state index is 0.281. The molecule has 5 rings (SSSR count). The van der Waals surface area contributed by atoms with Gasteiger partial charge in [0.1, 0.15) is 17.2 Å². The molecule has 0 fully saturated rings. The maximum atomic E-state index is 13.9. The maximum Gasteiger partial charge on any atom is 0.255 e. The van der Waals surface area contributed by atoms with Crippen LogP contribution in [0.15, 0.2) is 60.8 Å². The van der Waals surface area contributed by atoms with E-state index < -0.39 is 17.6 Å². The Balaban J connectivity index is 1.49. The van der Waals surface area contributed by atoms with Crippen LogP contribution in [0.5, 0.6) is 5.75 Å². The van der Waals surface area contributed by atoms with Crippen molar-refractivity contribution in [2.75, 3.05) is 13.7 Å². The van der Waals surface area contributed by atoms with Crippen LogP contribution in [-0.4, -0.2) is 47.2 Å². The number of hydrogen-bond donors (Lipinski definition) is 4. The van der Waals surface area contributed by atoms with E-state index in [0.717, 1.165) is 11.1 Å². The molecule has 0 saturated carbocycles. The van der Waals surface area contributed by atoms with Gasteiger partial charge in [-0.05, 0) is 85.5 Å². The van der Waals surface area contributed by atoms with E-state index in [2.05, 4.69) is 15.6 Å². The summed E-state index contributed by atoms with van der Waals surface area (Å²) in [6.07, 6.45) is 5.86. The molecule has 40 heavy (non-hydrogen) atoms. The van der Waals surface area contributed by atoms with Gasteiger partial charge in [0, 0.05) is 29.7 Å². The fourth-order valence-corrected chi connectivity index (χ4v) is 5.10. The van der Waals surface area contributed by atoms with E-state index >= 15 is 0 Å². The molecule has 1 unspecified atom stereocenters. The lowest BCUT2D eigenvalue weighted by molar-refractivity contribution is 0.0903. The van der Waals surface area contributed by atoms with E-state index in [1.54, 1.807) is 36.5 Å². The molecule has 0 spiro atoms. The number of amides is 2. The van der Waals surface area contributed by atoms with Crippen molar-refractivity contribution < 1.29 is 23.8 Å². The number of carbonyl (C=O) groups is 2. The van der Waals surface area contributed by atoms with Crippen LogP contribution in [0.4, 0.5) is 4.39 Å². The van der Waals surface area contributed by atoms with E-state index in [4.69, 9.17) is 16.3 Å². The first-order valence-electron chi connectivity index (χ1n) is 12.8. The van der Waals surface area contributed by atoms with Gasteiger partial charge in [0.25, 0.3) is 11.8 Å². The van der Waals surface area contributed by atoms with Crippen LogP contribution in [0.25, 0.3) is 28.1 Å². The standard InChI is InChI=1S/C31H29ClFN3O4/c1-31(2)9-8-18-10-19(17-4-6-23(26(32)13-17)29(38)34-3)12-25(28(18)40-31)30(39)36-22(16-37)11-20-15-35-27-7-5-21(33)14-24(20)27/h4-10,12-15,22,35,37H,11,16H2,1-3H3,(H,34,38)(H,36,39). The number of halogens is 2. The molecule has 1 atom stereocenters. The second-order valence-electron chi connectivity index (χ2n) is 10.3. The highest BCUT2D eigenvalue weighted by Gasteiger charge is 2.28. The Morgan fingerprint density at radius 1 is 1.07 bits per heavy atom. The molecule has 1 aliphatic rings.